The molecule has 0 aromatic heterocycles. The van der Waals surface area contributed by atoms with E-state index in [2.05, 4.69) is 6.92 Å². The van der Waals surface area contributed by atoms with Gasteiger partial charge in [-0.25, -0.2) is 4.79 Å². The van der Waals surface area contributed by atoms with Crippen molar-refractivity contribution in [2.45, 2.75) is 116 Å². The van der Waals surface area contributed by atoms with Gasteiger partial charge in [0.2, 0.25) is 0 Å². The van der Waals surface area contributed by atoms with Crippen LogP contribution in [0.1, 0.15) is 110 Å². The summed E-state index contributed by atoms with van der Waals surface area (Å²) in [4.78, 5) is 11.4. The zero-order chi connectivity index (χ0) is 20.3. The van der Waals surface area contributed by atoms with Gasteiger partial charge in [-0.3, -0.25) is 0 Å². The second kappa shape index (κ2) is 17.6. The predicted octanol–water partition coefficient (Wildman–Crippen LogP) is 7.78. The van der Waals surface area contributed by atoms with E-state index < -0.39 is 12.1 Å². The van der Waals surface area contributed by atoms with E-state index >= 15 is 0 Å². The van der Waals surface area contributed by atoms with Crippen molar-refractivity contribution in [2.75, 3.05) is 0 Å². The van der Waals surface area contributed by atoms with Gasteiger partial charge in [0.05, 0.1) is 0 Å². The smallest absolute Gasteiger partial charge is 0.344 e. The van der Waals surface area contributed by atoms with Crippen LogP contribution in [0, 0.1) is 0 Å². The molecule has 0 aliphatic carbocycles. The highest BCUT2D eigenvalue weighted by Crippen LogP contribution is 2.17. The van der Waals surface area contributed by atoms with E-state index in [1.165, 1.54) is 83.5 Å². The molecule has 0 amide bonds. The van der Waals surface area contributed by atoms with Crippen LogP contribution >= 0.6 is 0 Å². The average Bonchev–Trinajstić information content (AvgIpc) is 2.70. The van der Waals surface area contributed by atoms with Gasteiger partial charge < -0.3 is 9.84 Å². The number of carbonyl (C=O) groups is 1. The number of ether oxygens (including phenoxy) is 1. The number of aliphatic carboxylic acids is 1. The molecule has 0 fully saturated rings. The number of rotatable bonds is 19. The topological polar surface area (TPSA) is 46.5 Å². The summed E-state index contributed by atoms with van der Waals surface area (Å²) in [5, 5.41) is 9.32. The zero-order valence-corrected chi connectivity index (χ0v) is 18.0. The fourth-order valence-electron chi connectivity index (χ4n) is 3.60. The van der Waals surface area contributed by atoms with Gasteiger partial charge in [0.1, 0.15) is 5.75 Å². The Balaban J connectivity index is 1.90. The van der Waals surface area contributed by atoms with Crippen molar-refractivity contribution in [3.05, 3.63) is 30.3 Å². The van der Waals surface area contributed by atoms with Crippen LogP contribution in [0.5, 0.6) is 5.75 Å². The summed E-state index contributed by atoms with van der Waals surface area (Å²) in [6, 6.07) is 9.24. The second-order valence-corrected chi connectivity index (χ2v) is 8.00. The number of hydrogen-bond acceptors (Lipinski definition) is 2. The maximum absolute atomic E-state index is 11.4. The van der Waals surface area contributed by atoms with Gasteiger partial charge in [-0.2, -0.15) is 0 Å². The van der Waals surface area contributed by atoms with Crippen LogP contribution in [0.25, 0.3) is 0 Å². The zero-order valence-electron chi connectivity index (χ0n) is 18.0. The van der Waals surface area contributed by atoms with Crippen LogP contribution < -0.4 is 4.74 Å². The lowest BCUT2D eigenvalue weighted by Crippen LogP contribution is -2.26. The summed E-state index contributed by atoms with van der Waals surface area (Å²) in [6.07, 6.45) is 19.6. The Labute approximate surface area is 172 Å². The first-order valence-corrected chi connectivity index (χ1v) is 11.7. The molecule has 28 heavy (non-hydrogen) atoms. The molecule has 1 aromatic carbocycles. The number of hydrogen-bond donors (Lipinski definition) is 1. The maximum Gasteiger partial charge on any atom is 0.344 e. The molecule has 3 nitrogen and oxygen atoms in total. The van der Waals surface area contributed by atoms with Gasteiger partial charge in [0.25, 0.3) is 0 Å². The third-order valence-electron chi connectivity index (χ3n) is 5.37. The highest BCUT2D eigenvalue weighted by atomic mass is 16.5. The summed E-state index contributed by atoms with van der Waals surface area (Å²) in [6.45, 7) is 2.27. The predicted molar refractivity (Wildman–Crippen MR) is 118 cm³/mol. The van der Waals surface area contributed by atoms with Crippen LogP contribution in [-0.2, 0) is 4.79 Å². The first kappa shape index (κ1) is 24.5. The highest BCUT2D eigenvalue weighted by Gasteiger charge is 2.18. The lowest BCUT2D eigenvalue weighted by atomic mass is 10.0. The van der Waals surface area contributed by atoms with Crippen LogP contribution in [0.2, 0.25) is 0 Å². The van der Waals surface area contributed by atoms with Gasteiger partial charge in [-0.05, 0) is 25.0 Å². The Morgan fingerprint density at radius 2 is 1.18 bits per heavy atom. The second-order valence-electron chi connectivity index (χ2n) is 8.00. The lowest BCUT2D eigenvalue weighted by molar-refractivity contribution is -0.145. The molecule has 0 aliphatic rings. The third kappa shape index (κ3) is 13.6. The normalized spacial score (nSPS) is 12.0. The highest BCUT2D eigenvalue weighted by molar-refractivity contribution is 5.72. The summed E-state index contributed by atoms with van der Waals surface area (Å²) < 4.78 is 5.60. The lowest BCUT2D eigenvalue weighted by Gasteiger charge is -2.14. The fraction of sp³-hybridized carbons (Fsp3) is 0.720. The van der Waals surface area contributed by atoms with Crippen LogP contribution in [-0.4, -0.2) is 17.2 Å². The minimum atomic E-state index is -0.866. The first-order chi connectivity index (χ1) is 13.7. The Morgan fingerprint density at radius 3 is 1.61 bits per heavy atom. The maximum atomic E-state index is 11.4. The van der Waals surface area contributed by atoms with E-state index in [1.807, 2.05) is 30.3 Å². The van der Waals surface area contributed by atoms with Crippen LogP contribution in [0.15, 0.2) is 30.3 Å². The molecule has 160 valence electrons. The molecule has 1 N–H and O–H groups in total. The van der Waals surface area contributed by atoms with Crippen molar-refractivity contribution in [1.82, 2.24) is 0 Å². The molecule has 3 heteroatoms. The van der Waals surface area contributed by atoms with Crippen molar-refractivity contribution < 1.29 is 14.6 Å². The van der Waals surface area contributed by atoms with E-state index in [4.69, 9.17) is 4.74 Å². The quantitative estimate of drug-likeness (QED) is 0.245. The van der Waals surface area contributed by atoms with Gasteiger partial charge >= 0.3 is 5.97 Å². The molecule has 1 rings (SSSR count). The number of benzene rings is 1. The van der Waals surface area contributed by atoms with Crippen LogP contribution in [0.4, 0.5) is 0 Å². The fourth-order valence-corrected chi connectivity index (χ4v) is 3.60. The molecule has 0 saturated carbocycles. The molecule has 1 atom stereocenters. The molecule has 0 heterocycles. The number of carboxylic acid groups (broad SMARTS) is 1. The monoisotopic (exact) mass is 390 g/mol. The van der Waals surface area contributed by atoms with Crippen molar-refractivity contribution in [1.29, 1.82) is 0 Å². The van der Waals surface area contributed by atoms with Gasteiger partial charge in [-0.1, -0.05) is 115 Å². The van der Waals surface area contributed by atoms with E-state index in [1.54, 1.807) is 0 Å². The number of unbranched alkanes of at least 4 members (excludes halogenated alkanes) is 14. The number of para-hydroxylation sites is 1. The number of carboxylic acids is 1. The Morgan fingerprint density at radius 1 is 0.750 bits per heavy atom. The van der Waals surface area contributed by atoms with Gasteiger partial charge in [-0.15, -0.1) is 0 Å². The SMILES string of the molecule is CCCCCCCCCCCCCCCCCC(Oc1ccccc1)C(=O)O. The van der Waals surface area contributed by atoms with E-state index in [0.29, 0.717) is 12.2 Å². The molecule has 1 unspecified atom stereocenters. The van der Waals surface area contributed by atoms with Gasteiger partial charge in [0, 0.05) is 0 Å². The van der Waals surface area contributed by atoms with E-state index in [-0.39, 0.29) is 0 Å². The standard InChI is InChI=1S/C25H42O3/c1-2-3-4-5-6-7-8-9-10-11-12-13-14-15-19-22-24(25(26)27)28-23-20-17-16-18-21-23/h16-18,20-21,24H,2-15,19,22H2,1H3,(H,26,27). The van der Waals surface area contributed by atoms with E-state index in [9.17, 15) is 9.90 Å². The van der Waals surface area contributed by atoms with Crippen LogP contribution in [0.3, 0.4) is 0 Å². The molecule has 0 radical (unpaired) electrons. The van der Waals surface area contributed by atoms with E-state index in [0.717, 1.165) is 12.8 Å². The Kier molecular flexibility index (Phi) is 15.4. The van der Waals surface area contributed by atoms with Gasteiger partial charge in [0.15, 0.2) is 6.10 Å². The van der Waals surface area contributed by atoms with Crippen molar-refractivity contribution in [3.8, 4) is 5.75 Å². The Bertz CT molecular complexity index is 472. The molecule has 0 aliphatic heterocycles. The molecule has 1 aromatic rings. The average molecular weight is 391 g/mol. The Hall–Kier alpha value is -1.51. The minimum absolute atomic E-state index is 0.586. The third-order valence-corrected chi connectivity index (χ3v) is 5.37. The molecule has 0 saturated heterocycles. The summed E-state index contributed by atoms with van der Waals surface area (Å²) in [7, 11) is 0. The molecular weight excluding hydrogens is 348 g/mol. The summed E-state index contributed by atoms with van der Waals surface area (Å²) >= 11 is 0. The summed E-state index contributed by atoms with van der Waals surface area (Å²) in [5.74, 6) is -0.231. The largest absolute Gasteiger partial charge is 0.479 e. The molecular formula is C25H42O3. The summed E-state index contributed by atoms with van der Waals surface area (Å²) in [5.41, 5.74) is 0. The van der Waals surface area contributed by atoms with Crippen molar-refractivity contribution in [3.63, 3.8) is 0 Å². The molecule has 0 bridgehead atoms. The van der Waals surface area contributed by atoms with Crippen molar-refractivity contribution >= 4 is 5.97 Å². The molecule has 0 spiro atoms. The first-order valence-electron chi connectivity index (χ1n) is 11.7. The minimum Gasteiger partial charge on any atom is -0.479 e. The van der Waals surface area contributed by atoms with Crippen molar-refractivity contribution in [2.24, 2.45) is 0 Å².